The first kappa shape index (κ1) is 75.2. The molecule has 1 rings (SSSR count). The highest BCUT2D eigenvalue weighted by molar-refractivity contribution is 5.80. The number of hydrogen-bond donors (Lipinski definition) is 6. The monoisotopic (exact) mass is 1120 g/mol. The lowest BCUT2D eigenvalue weighted by atomic mass is 9.99. The van der Waals surface area contributed by atoms with Gasteiger partial charge in [-0.2, -0.15) is 0 Å². The Labute approximate surface area is 486 Å². The van der Waals surface area contributed by atoms with Crippen LogP contribution in [-0.2, 0) is 23.8 Å². The largest absolute Gasteiger partial charge is 0.454 e. The summed E-state index contributed by atoms with van der Waals surface area (Å²) in [6.45, 7) is 5.83. The van der Waals surface area contributed by atoms with Crippen molar-refractivity contribution < 1.29 is 49.3 Å². The molecule has 0 aromatic carbocycles. The number of ether oxygens (including phenoxy) is 3. The Morgan fingerprint density at radius 3 is 1.23 bits per heavy atom. The van der Waals surface area contributed by atoms with Crippen molar-refractivity contribution in [2.45, 2.75) is 384 Å². The van der Waals surface area contributed by atoms with Gasteiger partial charge in [0, 0.05) is 6.42 Å². The molecule has 466 valence electrons. The minimum Gasteiger partial charge on any atom is -0.454 e. The van der Waals surface area contributed by atoms with Crippen LogP contribution in [0.1, 0.15) is 335 Å². The SMILES string of the molecule is CCCCCCCC/C=C/CCCCCCCCCC(=O)OC1C(OCC(NC(=O)C(O)CCCCCCCCCCCCCCCCCCCCCC)C(O)/C=C/CCCCCCCCCCCCC)OC(CO)C(O)C1O. The Kier molecular flexibility index (Phi) is 53.9. The number of amides is 1. The summed E-state index contributed by atoms with van der Waals surface area (Å²) in [6, 6.07) is -1.02. The van der Waals surface area contributed by atoms with E-state index in [0.29, 0.717) is 19.3 Å². The van der Waals surface area contributed by atoms with Crippen molar-refractivity contribution >= 4 is 11.9 Å². The summed E-state index contributed by atoms with van der Waals surface area (Å²) in [4.78, 5) is 26.6. The number of esters is 1. The van der Waals surface area contributed by atoms with Crippen LogP contribution in [0, 0.1) is 0 Å². The van der Waals surface area contributed by atoms with E-state index in [4.69, 9.17) is 14.2 Å². The van der Waals surface area contributed by atoms with Gasteiger partial charge in [-0.05, 0) is 51.4 Å². The van der Waals surface area contributed by atoms with Crippen molar-refractivity contribution in [3.8, 4) is 0 Å². The fourth-order valence-electron chi connectivity index (χ4n) is 10.9. The van der Waals surface area contributed by atoms with Crippen molar-refractivity contribution in [1.82, 2.24) is 5.32 Å². The third-order valence-corrected chi connectivity index (χ3v) is 16.4. The maximum atomic E-state index is 13.5. The molecule has 0 spiro atoms. The Hall–Kier alpha value is -1.86. The van der Waals surface area contributed by atoms with E-state index >= 15 is 0 Å². The van der Waals surface area contributed by atoms with E-state index in [1.807, 2.05) is 6.08 Å². The Morgan fingerprint density at radius 1 is 0.481 bits per heavy atom. The number of aliphatic hydroxyl groups excluding tert-OH is 5. The molecule has 11 nitrogen and oxygen atoms in total. The molecule has 1 fully saturated rings. The van der Waals surface area contributed by atoms with Crippen LogP contribution in [0.5, 0.6) is 0 Å². The number of aliphatic hydroxyl groups is 5. The van der Waals surface area contributed by atoms with E-state index in [-0.39, 0.29) is 13.0 Å². The molecule has 8 unspecified atom stereocenters. The summed E-state index contributed by atoms with van der Waals surface area (Å²) < 4.78 is 17.7. The average Bonchev–Trinajstić information content (AvgIpc) is 3.49. The molecule has 11 heteroatoms. The first-order chi connectivity index (χ1) is 38.7. The average molecular weight is 1120 g/mol. The zero-order chi connectivity index (χ0) is 57.5. The molecule has 79 heavy (non-hydrogen) atoms. The van der Waals surface area contributed by atoms with E-state index in [1.165, 1.54) is 218 Å². The smallest absolute Gasteiger partial charge is 0.306 e. The minimum atomic E-state index is -1.61. The van der Waals surface area contributed by atoms with Gasteiger partial charge in [-0.15, -0.1) is 0 Å². The van der Waals surface area contributed by atoms with E-state index in [0.717, 1.165) is 70.6 Å². The van der Waals surface area contributed by atoms with Gasteiger partial charge in [-0.1, -0.05) is 302 Å². The van der Waals surface area contributed by atoms with Crippen LogP contribution in [0.4, 0.5) is 0 Å². The van der Waals surface area contributed by atoms with E-state index in [1.54, 1.807) is 6.08 Å². The molecule has 6 N–H and O–H groups in total. The zero-order valence-electron chi connectivity index (χ0n) is 51.8. The molecule has 1 aliphatic heterocycles. The lowest BCUT2D eigenvalue weighted by molar-refractivity contribution is -0.305. The summed E-state index contributed by atoms with van der Waals surface area (Å²) >= 11 is 0. The van der Waals surface area contributed by atoms with Gasteiger partial charge >= 0.3 is 5.97 Å². The van der Waals surface area contributed by atoms with Crippen LogP contribution < -0.4 is 5.32 Å². The maximum Gasteiger partial charge on any atom is 0.306 e. The van der Waals surface area contributed by atoms with E-state index in [9.17, 15) is 35.1 Å². The second-order valence-electron chi connectivity index (χ2n) is 23.9. The van der Waals surface area contributed by atoms with Gasteiger partial charge in [-0.25, -0.2) is 0 Å². The predicted octanol–water partition coefficient (Wildman–Crippen LogP) is 16.8. The van der Waals surface area contributed by atoms with Crippen LogP contribution in [0.3, 0.4) is 0 Å². The standard InChI is InChI=1S/C68H129NO10/c1-4-7-10-13-16-19-22-25-27-29-30-31-33-34-37-40-43-46-49-52-55-61(72)67(76)69-59(60(71)54-51-48-45-42-39-36-24-21-18-15-12-9-6-3)58-77-68-66(65(75)64(74)62(57-70)78-68)79-63(73)56-53-50-47-44-41-38-35-32-28-26-23-20-17-14-11-8-5-2/h26,28,51,54,59-62,64-66,68,70-72,74-75H,4-25,27,29-50,52-53,55-58H2,1-3H3,(H,69,76)/b28-26+,54-51+. The van der Waals surface area contributed by atoms with Crippen molar-refractivity contribution in [3.63, 3.8) is 0 Å². The van der Waals surface area contributed by atoms with Gasteiger partial charge in [0.15, 0.2) is 12.4 Å². The highest BCUT2D eigenvalue weighted by Gasteiger charge is 2.47. The highest BCUT2D eigenvalue weighted by Crippen LogP contribution is 2.26. The second kappa shape index (κ2) is 56.6. The molecular weight excluding hydrogens is 991 g/mol. The van der Waals surface area contributed by atoms with Crippen molar-refractivity contribution in [2.75, 3.05) is 13.2 Å². The lowest BCUT2D eigenvalue weighted by Crippen LogP contribution is -2.61. The second-order valence-corrected chi connectivity index (χ2v) is 23.9. The van der Waals surface area contributed by atoms with Crippen molar-refractivity contribution in [2.24, 2.45) is 0 Å². The van der Waals surface area contributed by atoms with Crippen LogP contribution >= 0.6 is 0 Å². The van der Waals surface area contributed by atoms with Gasteiger partial charge in [0.25, 0.3) is 0 Å². The topological polar surface area (TPSA) is 175 Å². The summed E-state index contributed by atoms with van der Waals surface area (Å²) in [7, 11) is 0. The van der Waals surface area contributed by atoms with Gasteiger partial charge in [-0.3, -0.25) is 9.59 Å². The van der Waals surface area contributed by atoms with Crippen LogP contribution in [0.2, 0.25) is 0 Å². The Morgan fingerprint density at radius 2 is 0.835 bits per heavy atom. The highest BCUT2D eigenvalue weighted by atomic mass is 16.7. The molecule has 1 aliphatic rings. The van der Waals surface area contributed by atoms with Gasteiger partial charge in [0.1, 0.15) is 24.4 Å². The van der Waals surface area contributed by atoms with Gasteiger partial charge in [0.2, 0.25) is 5.91 Å². The zero-order valence-corrected chi connectivity index (χ0v) is 51.8. The molecule has 0 aromatic rings. The summed E-state index contributed by atoms with van der Waals surface area (Å²) in [5.74, 6) is -1.18. The fourth-order valence-corrected chi connectivity index (χ4v) is 10.9. The number of allylic oxidation sites excluding steroid dienone is 3. The van der Waals surface area contributed by atoms with Crippen LogP contribution in [0.25, 0.3) is 0 Å². The Bertz CT molecular complexity index is 1380. The molecule has 1 heterocycles. The first-order valence-corrected chi connectivity index (χ1v) is 34.1. The summed E-state index contributed by atoms with van der Waals surface area (Å²) in [5, 5.41) is 57.2. The third kappa shape index (κ3) is 44.4. The van der Waals surface area contributed by atoms with E-state index in [2.05, 4.69) is 38.2 Å². The minimum absolute atomic E-state index is 0.123. The summed E-state index contributed by atoms with van der Waals surface area (Å²) in [6.07, 6.45) is 56.4. The number of unbranched alkanes of at least 4 members (excludes halogenated alkanes) is 43. The molecular formula is C68H129NO10. The molecule has 1 saturated heterocycles. The predicted molar refractivity (Wildman–Crippen MR) is 329 cm³/mol. The molecule has 1 amide bonds. The molecule has 0 bridgehead atoms. The first-order valence-electron chi connectivity index (χ1n) is 34.1. The van der Waals surface area contributed by atoms with E-state index < -0.39 is 67.4 Å². The number of carbonyl (C=O) groups excluding carboxylic acids is 2. The fraction of sp³-hybridized carbons (Fsp3) is 0.912. The van der Waals surface area contributed by atoms with Gasteiger partial charge < -0.3 is 45.1 Å². The van der Waals surface area contributed by atoms with Crippen LogP contribution in [-0.4, -0.2) is 99.6 Å². The molecule has 0 aliphatic carbocycles. The molecule has 8 atom stereocenters. The molecule has 0 saturated carbocycles. The summed E-state index contributed by atoms with van der Waals surface area (Å²) in [5.41, 5.74) is 0. The molecule has 0 aromatic heterocycles. The normalized spacial score (nSPS) is 18.9. The third-order valence-electron chi connectivity index (χ3n) is 16.4. The number of nitrogens with one attached hydrogen (secondary N) is 1. The number of rotatable bonds is 59. The maximum absolute atomic E-state index is 13.5. The van der Waals surface area contributed by atoms with Crippen LogP contribution in [0.15, 0.2) is 24.3 Å². The lowest BCUT2D eigenvalue weighted by Gasteiger charge is -2.41. The van der Waals surface area contributed by atoms with Gasteiger partial charge in [0.05, 0.1) is 25.4 Å². The quantitative estimate of drug-likeness (QED) is 0.0195. The Balaban J connectivity index is 2.63. The number of carbonyl (C=O) groups is 2. The van der Waals surface area contributed by atoms with Crippen molar-refractivity contribution in [1.29, 1.82) is 0 Å². The van der Waals surface area contributed by atoms with Crippen molar-refractivity contribution in [3.05, 3.63) is 24.3 Å². The molecule has 0 radical (unpaired) electrons. The number of hydrogen-bond acceptors (Lipinski definition) is 10.